The topological polar surface area (TPSA) is 96.8 Å². The van der Waals surface area contributed by atoms with Gasteiger partial charge in [-0.05, 0) is 50.2 Å². The Hall–Kier alpha value is -3.84. The average molecular weight is 436 g/mol. The number of para-hydroxylation sites is 1. The smallest absolute Gasteiger partial charge is 0.335 e. The van der Waals surface area contributed by atoms with Gasteiger partial charge >= 0.3 is 11.9 Å². The first kappa shape index (κ1) is 20.4. The molecule has 156 valence electrons. The van der Waals surface area contributed by atoms with E-state index in [0.29, 0.717) is 16.3 Å². The van der Waals surface area contributed by atoms with Gasteiger partial charge in [0.25, 0.3) is 0 Å². The van der Waals surface area contributed by atoms with Crippen LogP contribution >= 0.6 is 11.6 Å². The van der Waals surface area contributed by atoms with Crippen LogP contribution in [0, 0.1) is 13.8 Å². The molecular weight excluding hydrogens is 418 g/mol. The molecule has 4 aromatic rings. The van der Waals surface area contributed by atoms with Crippen molar-refractivity contribution >= 4 is 40.7 Å². The van der Waals surface area contributed by atoms with Gasteiger partial charge in [-0.15, -0.1) is 0 Å². The van der Waals surface area contributed by atoms with Crippen LogP contribution in [-0.2, 0) is 0 Å². The number of carbonyl (C=O) groups is 2. The minimum Gasteiger partial charge on any atom is -0.478 e. The molecule has 31 heavy (non-hydrogen) atoms. The van der Waals surface area contributed by atoms with Crippen LogP contribution in [0.25, 0.3) is 16.7 Å². The molecule has 0 atom stereocenters. The van der Waals surface area contributed by atoms with Crippen molar-refractivity contribution in [2.75, 3.05) is 0 Å². The average Bonchev–Trinajstić information content (AvgIpc) is 3.29. The number of furan rings is 1. The highest BCUT2D eigenvalue weighted by Crippen LogP contribution is 2.27. The van der Waals surface area contributed by atoms with Crippen LogP contribution in [-0.4, -0.2) is 27.8 Å². The van der Waals surface area contributed by atoms with E-state index in [4.69, 9.17) is 16.0 Å². The first-order chi connectivity index (χ1) is 14.8. The number of carboxylic acids is 1. The summed E-state index contributed by atoms with van der Waals surface area (Å²) in [6.45, 7) is 3.74. The van der Waals surface area contributed by atoms with Crippen molar-refractivity contribution in [3.05, 3.63) is 87.9 Å². The molecule has 0 bridgehead atoms. The Morgan fingerprint density at radius 3 is 2.65 bits per heavy atom. The summed E-state index contributed by atoms with van der Waals surface area (Å²) in [5.41, 5.74) is 6.17. The molecule has 0 unspecified atom stereocenters. The number of rotatable bonds is 5. The van der Waals surface area contributed by atoms with E-state index in [9.17, 15) is 14.7 Å². The lowest BCUT2D eigenvalue weighted by Crippen LogP contribution is -2.16. The Morgan fingerprint density at radius 1 is 1.13 bits per heavy atom. The normalized spacial score (nSPS) is 11.3. The fourth-order valence-corrected chi connectivity index (χ4v) is 3.62. The maximum absolute atomic E-state index is 12.3. The number of aromatic carboxylic acids is 1. The van der Waals surface area contributed by atoms with Crippen LogP contribution in [0.3, 0.4) is 0 Å². The molecule has 0 spiro atoms. The number of carboxylic acid groups (broad SMARTS) is 1. The van der Waals surface area contributed by atoms with Gasteiger partial charge in [0.15, 0.2) is 5.76 Å². The van der Waals surface area contributed by atoms with E-state index in [-0.39, 0.29) is 11.3 Å². The van der Waals surface area contributed by atoms with Gasteiger partial charge in [0, 0.05) is 22.3 Å². The van der Waals surface area contributed by atoms with Gasteiger partial charge < -0.3 is 14.1 Å². The highest BCUT2D eigenvalue weighted by molar-refractivity contribution is 6.32. The summed E-state index contributed by atoms with van der Waals surface area (Å²) in [6, 6.07) is 15.4. The zero-order valence-electron chi connectivity index (χ0n) is 16.7. The standard InChI is InChI=1S/C23H18ClN3O4/c1-13-9-17(14(2)27(13)19-10-16(23(29)30)7-8-18(19)24)12-25-26-22(28)21-11-15-5-3-4-6-20(15)31-21/h3-12H,1-2H3,(H,26,28)(H,29,30)/b25-12+. The van der Waals surface area contributed by atoms with Crippen molar-refractivity contribution < 1.29 is 19.1 Å². The molecule has 0 fully saturated rings. The van der Waals surface area contributed by atoms with E-state index in [1.807, 2.05) is 42.7 Å². The molecule has 2 N–H and O–H groups in total. The number of fused-ring (bicyclic) bond motifs is 1. The molecule has 8 heteroatoms. The molecule has 0 aliphatic heterocycles. The number of carbonyl (C=O) groups excluding carboxylic acids is 1. The van der Waals surface area contributed by atoms with Crippen molar-refractivity contribution in [1.82, 2.24) is 9.99 Å². The fraction of sp³-hybridized carbons (Fsp3) is 0.0870. The number of hydrazone groups is 1. The quantitative estimate of drug-likeness (QED) is 0.342. The molecule has 7 nitrogen and oxygen atoms in total. The highest BCUT2D eigenvalue weighted by atomic mass is 35.5. The maximum Gasteiger partial charge on any atom is 0.335 e. The second-order valence-corrected chi connectivity index (χ2v) is 7.39. The molecule has 0 saturated carbocycles. The molecule has 2 aromatic heterocycles. The number of aromatic nitrogens is 1. The number of amides is 1. The number of hydrogen-bond acceptors (Lipinski definition) is 4. The largest absolute Gasteiger partial charge is 0.478 e. The Morgan fingerprint density at radius 2 is 1.90 bits per heavy atom. The van der Waals surface area contributed by atoms with Crippen molar-refractivity contribution in [2.45, 2.75) is 13.8 Å². The lowest BCUT2D eigenvalue weighted by Gasteiger charge is -2.12. The molecular formula is C23H18ClN3O4. The Balaban J connectivity index is 1.57. The zero-order valence-corrected chi connectivity index (χ0v) is 17.5. The van der Waals surface area contributed by atoms with Crippen LogP contribution in [0.5, 0.6) is 0 Å². The van der Waals surface area contributed by atoms with Gasteiger partial charge in [-0.3, -0.25) is 4.79 Å². The van der Waals surface area contributed by atoms with Gasteiger partial charge in [-0.2, -0.15) is 5.10 Å². The van der Waals surface area contributed by atoms with E-state index in [0.717, 1.165) is 22.3 Å². The summed E-state index contributed by atoms with van der Waals surface area (Å²) in [5, 5.41) is 14.6. The minimum atomic E-state index is -1.03. The van der Waals surface area contributed by atoms with Gasteiger partial charge in [-0.25, -0.2) is 10.2 Å². The van der Waals surface area contributed by atoms with Gasteiger partial charge in [-0.1, -0.05) is 29.8 Å². The van der Waals surface area contributed by atoms with E-state index >= 15 is 0 Å². The first-order valence-electron chi connectivity index (χ1n) is 9.39. The monoisotopic (exact) mass is 435 g/mol. The van der Waals surface area contributed by atoms with E-state index in [1.165, 1.54) is 18.3 Å². The molecule has 0 radical (unpaired) electrons. The molecule has 1 amide bonds. The lowest BCUT2D eigenvalue weighted by molar-refractivity contribution is 0.0696. The molecule has 2 aromatic carbocycles. The molecule has 0 aliphatic rings. The van der Waals surface area contributed by atoms with Gasteiger partial charge in [0.05, 0.1) is 22.5 Å². The number of hydrogen-bond donors (Lipinski definition) is 2. The second-order valence-electron chi connectivity index (χ2n) is 6.98. The fourth-order valence-electron chi connectivity index (χ4n) is 3.42. The number of halogens is 1. The first-order valence-corrected chi connectivity index (χ1v) is 9.77. The van der Waals surface area contributed by atoms with Crippen molar-refractivity contribution in [2.24, 2.45) is 5.10 Å². The van der Waals surface area contributed by atoms with Gasteiger partial charge in [0.1, 0.15) is 5.58 Å². The summed E-state index contributed by atoms with van der Waals surface area (Å²) in [7, 11) is 0. The summed E-state index contributed by atoms with van der Waals surface area (Å²) >= 11 is 6.32. The maximum atomic E-state index is 12.3. The predicted molar refractivity (Wildman–Crippen MR) is 118 cm³/mol. The second kappa shape index (κ2) is 8.12. The van der Waals surface area contributed by atoms with Crippen LogP contribution in [0.15, 0.2) is 64.1 Å². The number of nitrogens with zero attached hydrogens (tertiary/aromatic N) is 2. The van der Waals surface area contributed by atoms with Crippen molar-refractivity contribution in [3.8, 4) is 5.69 Å². The third-order valence-corrected chi connectivity index (χ3v) is 5.24. The Kier molecular flexibility index (Phi) is 5.35. The summed E-state index contributed by atoms with van der Waals surface area (Å²) in [6.07, 6.45) is 1.52. The zero-order chi connectivity index (χ0) is 22.1. The molecule has 4 rings (SSSR count). The van der Waals surface area contributed by atoms with Gasteiger partial charge in [0.2, 0.25) is 0 Å². The summed E-state index contributed by atoms with van der Waals surface area (Å²) in [4.78, 5) is 23.7. The van der Waals surface area contributed by atoms with E-state index in [1.54, 1.807) is 18.2 Å². The highest BCUT2D eigenvalue weighted by Gasteiger charge is 2.15. The van der Waals surface area contributed by atoms with Crippen molar-refractivity contribution in [1.29, 1.82) is 0 Å². The summed E-state index contributed by atoms with van der Waals surface area (Å²) < 4.78 is 7.37. The Labute approximate surface area is 182 Å². The predicted octanol–water partition coefficient (Wildman–Crippen LogP) is 4.96. The minimum absolute atomic E-state index is 0.139. The molecule has 2 heterocycles. The third kappa shape index (κ3) is 3.95. The molecule has 0 saturated heterocycles. The third-order valence-electron chi connectivity index (χ3n) is 4.92. The van der Waals surface area contributed by atoms with Crippen molar-refractivity contribution in [3.63, 3.8) is 0 Å². The summed E-state index contributed by atoms with van der Waals surface area (Å²) in [5.74, 6) is -1.32. The number of benzene rings is 2. The van der Waals surface area contributed by atoms with Crippen LogP contribution < -0.4 is 5.43 Å². The van der Waals surface area contributed by atoms with Crippen LogP contribution in [0.2, 0.25) is 5.02 Å². The number of nitrogens with one attached hydrogen (secondary N) is 1. The van der Waals surface area contributed by atoms with Crippen LogP contribution in [0.4, 0.5) is 0 Å². The molecule has 0 aliphatic carbocycles. The SMILES string of the molecule is Cc1cc(/C=N/NC(=O)c2cc3ccccc3o2)c(C)n1-c1cc(C(=O)O)ccc1Cl. The van der Waals surface area contributed by atoms with Crippen LogP contribution in [0.1, 0.15) is 37.9 Å². The van der Waals surface area contributed by atoms with E-state index < -0.39 is 11.9 Å². The lowest BCUT2D eigenvalue weighted by atomic mass is 10.2. The van der Waals surface area contributed by atoms with E-state index in [2.05, 4.69) is 10.5 Å². The Bertz CT molecular complexity index is 1320. The number of aryl methyl sites for hydroxylation is 1.